The Morgan fingerprint density at radius 1 is 1.12 bits per heavy atom. The number of thiophene rings is 1. The number of nitrogens with one attached hydrogen (secondary N) is 2. The molecule has 3 aromatic rings. The molecule has 1 heterocycles. The van der Waals surface area contributed by atoms with Crippen LogP contribution in [0.3, 0.4) is 0 Å². The molecule has 218 valence electrons. The normalized spacial score (nSPS) is 11.9. The molecule has 1 aromatic heterocycles. The maximum Gasteiger partial charge on any atom is 0.340 e. The lowest BCUT2D eigenvalue weighted by atomic mass is 10.1. The molecule has 0 aliphatic heterocycles. The number of ether oxygens (including phenoxy) is 2. The zero-order valence-electron chi connectivity index (χ0n) is 21.0. The fraction of sp³-hybridized carbons (Fsp3) is 0.348. The van der Waals surface area contributed by atoms with Crippen LogP contribution in [0.25, 0.3) is 10.1 Å². The summed E-state index contributed by atoms with van der Waals surface area (Å²) >= 11 is 0.374. The summed E-state index contributed by atoms with van der Waals surface area (Å²) in [6.45, 7) is 1.45. The van der Waals surface area contributed by atoms with Gasteiger partial charge in [0.05, 0.1) is 23.5 Å². The Labute approximate surface area is 231 Å². The second-order valence-corrected chi connectivity index (χ2v) is 13.0. The van der Waals surface area contributed by atoms with Gasteiger partial charge in [-0.25, -0.2) is 21.6 Å². The molecule has 0 aliphatic carbocycles. The molecule has 0 aliphatic rings. The first-order valence-corrected chi connectivity index (χ1v) is 15.8. The van der Waals surface area contributed by atoms with Gasteiger partial charge in [0.1, 0.15) is 22.4 Å². The maximum absolute atomic E-state index is 15.7. The van der Waals surface area contributed by atoms with Crippen molar-refractivity contribution in [1.82, 2.24) is 4.72 Å². The van der Waals surface area contributed by atoms with Crippen LogP contribution < -0.4 is 25.2 Å². The van der Waals surface area contributed by atoms with Crippen LogP contribution >= 0.6 is 18.9 Å². The Morgan fingerprint density at radius 3 is 2.38 bits per heavy atom. The third-order valence-corrected chi connectivity index (χ3v) is 9.50. The summed E-state index contributed by atoms with van der Waals surface area (Å²) in [5.74, 6) is -4.00. The van der Waals surface area contributed by atoms with E-state index < -0.39 is 57.1 Å². The number of nitrogens with two attached hydrogens (primary N) is 1. The number of hydrogen-bond donors (Lipinski definition) is 5. The lowest BCUT2D eigenvalue weighted by Gasteiger charge is -2.16. The van der Waals surface area contributed by atoms with Crippen LogP contribution in [0.1, 0.15) is 24.0 Å². The first-order chi connectivity index (χ1) is 18.8. The van der Waals surface area contributed by atoms with Gasteiger partial charge in [-0.2, -0.15) is 9.98 Å². The zero-order valence-corrected chi connectivity index (χ0v) is 23.6. The SMILES string of the molecule is Cc1c(S(=O)(=O)NCP(=O)(O)O)sc2c(F)c(OCCCNc3ccc(C#N)c(F)c3)c(OCCCN)c(F)c12. The van der Waals surface area contributed by atoms with E-state index in [1.54, 1.807) is 10.8 Å². The first-order valence-electron chi connectivity index (χ1n) is 11.7. The summed E-state index contributed by atoms with van der Waals surface area (Å²) in [6.07, 6.45) is -0.643. The Kier molecular flexibility index (Phi) is 10.4. The van der Waals surface area contributed by atoms with Crippen molar-refractivity contribution < 1.29 is 45.4 Å². The van der Waals surface area contributed by atoms with E-state index in [1.807, 2.05) is 0 Å². The highest BCUT2D eigenvalue weighted by Crippen LogP contribution is 2.46. The van der Waals surface area contributed by atoms with Gasteiger partial charge in [0, 0.05) is 17.6 Å². The monoisotopic (exact) mass is 622 g/mol. The second kappa shape index (κ2) is 13.2. The quantitative estimate of drug-likeness (QED) is 0.132. The number of fused-ring (bicyclic) bond motifs is 1. The van der Waals surface area contributed by atoms with Crippen molar-refractivity contribution in [1.29, 1.82) is 5.26 Å². The van der Waals surface area contributed by atoms with Crippen molar-refractivity contribution in [3.05, 3.63) is 46.8 Å². The van der Waals surface area contributed by atoms with Crippen molar-refractivity contribution in [2.24, 2.45) is 5.73 Å². The summed E-state index contributed by atoms with van der Waals surface area (Å²) < 4.78 is 93.4. The highest BCUT2D eigenvalue weighted by Gasteiger charge is 2.31. The number of halogens is 3. The average molecular weight is 623 g/mol. The molecule has 0 amide bonds. The van der Waals surface area contributed by atoms with Gasteiger partial charge in [-0.3, -0.25) is 4.57 Å². The van der Waals surface area contributed by atoms with Gasteiger partial charge < -0.3 is 30.3 Å². The molecule has 0 bridgehead atoms. The standard InChI is InChI=1S/C23H26F3N4O7PS2/c1-13-17-18(25)20(36-8-2-6-27)21(37-9-3-7-29-15-5-4-14(11-28)16(24)10-15)19(26)22(17)39-23(13)40(34,35)30-12-38(31,32)33/h4-5,10,29-30H,2-3,6-9,12,27H2,1H3,(H2,31,32,33). The van der Waals surface area contributed by atoms with Gasteiger partial charge in [0.25, 0.3) is 10.0 Å². The van der Waals surface area contributed by atoms with Crippen LogP contribution in [0.5, 0.6) is 11.5 Å². The minimum atomic E-state index is -4.75. The Balaban J connectivity index is 1.88. The molecule has 0 atom stereocenters. The van der Waals surface area contributed by atoms with Crippen molar-refractivity contribution in [3.63, 3.8) is 0 Å². The lowest BCUT2D eigenvalue weighted by molar-refractivity contribution is 0.248. The number of rotatable bonds is 14. The molecule has 40 heavy (non-hydrogen) atoms. The molecular weight excluding hydrogens is 596 g/mol. The highest BCUT2D eigenvalue weighted by molar-refractivity contribution is 7.92. The van der Waals surface area contributed by atoms with Crippen molar-refractivity contribution in [3.8, 4) is 17.6 Å². The van der Waals surface area contributed by atoms with Crippen LogP contribution in [0, 0.1) is 35.7 Å². The molecule has 2 aromatic carbocycles. The number of anilines is 1. The molecule has 0 unspecified atom stereocenters. The molecule has 0 radical (unpaired) electrons. The summed E-state index contributed by atoms with van der Waals surface area (Å²) in [5.41, 5.74) is 5.57. The van der Waals surface area contributed by atoms with E-state index in [-0.39, 0.29) is 53.9 Å². The summed E-state index contributed by atoms with van der Waals surface area (Å²) in [4.78, 5) is 18.0. The zero-order chi connectivity index (χ0) is 29.7. The number of nitrogens with zero attached hydrogens (tertiary/aromatic N) is 1. The van der Waals surface area contributed by atoms with Crippen LogP contribution in [-0.4, -0.2) is 50.8 Å². The Hall–Kier alpha value is -2.90. The first kappa shape index (κ1) is 31.6. The topological polar surface area (TPSA) is 184 Å². The van der Waals surface area contributed by atoms with Gasteiger partial charge in [-0.05, 0) is 50.1 Å². The lowest BCUT2D eigenvalue weighted by Crippen LogP contribution is -2.24. The molecule has 17 heteroatoms. The third kappa shape index (κ3) is 7.43. The fourth-order valence-corrected chi connectivity index (χ4v) is 7.35. The van der Waals surface area contributed by atoms with Gasteiger partial charge in [-0.1, -0.05) is 0 Å². The van der Waals surface area contributed by atoms with Crippen molar-refractivity contribution in [2.75, 3.05) is 37.9 Å². The van der Waals surface area contributed by atoms with Crippen molar-refractivity contribution in [2.45, 2.75) is 24.0 Å². The minimum Gasteiger partial charge on any atom is -0.487 e. The Bertz CT molecular complexity index is 1590. The number of benzene rings is 2. The van der Waals surface area contributed by atoms with Gasteiger partial charge in [0.2, 0.25) is 11.5 Å². The van der Waals surface area contributed by atoms with E-state index in [2.05, 4.69) is 5.32 Å². The van der Waals surface area contributed by atoms with E-state index >= 15 is 8.78 Å². The minimum absolute atomic E-state index is 0.0846. The largest absolute Gasteiger partial charge is 0.487 e. The molecule has 0 fully saturated rings. The molecule has 3 rings (SSSR count). The van der Waals surface area contributed by atoms with Gasteiger partial charge in [-0.15, -0.1) is 11.3 Å². The van der Waals surface area contributed by atoms with Gasteiger partial charge >= 0.3 is 7.60 Å². The van der Waals surface area contributed by atoms with E-state index in [9.17, 15) is 17.4 Å². The van der Waals surface area contributed by atoms with Crippen molar-refractivity contribution >= 4 is 44.7 Å². The molecule has 0 saturated carbocycles. The van der Waals surface area contributed by atoms with Crippen LogP contribution in [0.2, 0.25) is 0 Å². The van der Waals surface area contributed by atoms with E-state index in [0.717, 1.165) is 6.07 Å². The predicted octanol–water partition coefficient (Wildman–Crippen LogP) is 3.52. The Morgan fingerprint density at radius 2 is 1.77 bits per heavy atom. The highest BCUT2D eigenvalue weighted by atomic mass is 32.2. The number of sulfonamides is 1. The number of hydrogen-bond acceptors (Lipinski definition) is 9. The molecule has 11 nitrogen and oxygen atoms in total. The smallest absolute Gasteiger partial charge is 0.340 e. The van der Waals surface area contributed by atoms with Crippen LogP contribution in [0.4, 0.5) is 18.9 Å². The molecule has 0 saturated heterocycles. The maximum atomic E-state index is 15.7. The van der Waals surface area contributed by atoms with Crippen LogP contribution in [0.15, 0.2) is 22.4 Å². The molecule has 0 spiro atoms. The van der Waals surface area contributed by atoms with E-state index in [1.165, 1.54) is 19.1 Å². The summed E-state index contributed by atoms with van der Waals surface area (Å²) in [5, 5.41) is 11.3. The van der Waals surface area contributed by atoms with Crippen LogP contribution in [-0.2, 0) is 14.6 Å². The summed E-state index contributed by atoms with van der Waals surface area (Å²) in [7, 11) is -9.28. The fourth-order valence-electron chi connectivity index (χ4n) is 3.53. The van der Waals surface area contributed by atoms with E-state index in [4.69, 9.17) is 30.3 Å². The summed E-state index contributed by atoms with van der Waals surface area (Å²) in [6, 6.07) is 5.68. The predicted molar refractivity (Wildman–Crippen MR) is 143 cm³/mol. The second-order valence-electron chi connectivity index (χ2n) is 8.40. The number of nitriles is 1. The average Bonchev–Trinajstić information content (AvgIpc) is 3.25. The van der Waals surface area contributed by atoms with E-state index in [0.29, 0.717) is 23.4 Å². The number of aryl methyl sites for hydroxylation is 1. The molecule has 6 N–H and O–H groups in total. The molecular formula is C23H26F3N4O7PS2. The third-order valence-electron chi connectivity index (χ3n) is 5.41. The van der Waals surface area contributed by atoms with Gasteiger partial charge in [0.15, 0.2) is 11.6 Å².